The van der Waals surface area contributed by atoms with Crippen LogP contribution in [0.1, 0.15) is 11.8 Å². The lowest BCUT2D eigenvalue weighted by molar-refractivity contribution is 0.518. The number of nitrogens with zero attached hydrogens (tertiary/aromatic N) is 4. The highest BCUT2D eigenvalue weighted by molar-refractivity contribution is 7.09. The minimum absolute atomic E-state index is 0.308. The largest absolute Gasteiger partial charge is 0.332 e. The third-order valence-corrected chi connectivity index (χ3v) is 5.05. The van der Waals surface area contributed by atoms with Crippen molar-refractivity contribution < 1.29 is 0 Å². The van der Waals surface area contributed by atoms with Crippen molar-refractivity contribution in [2.24, 2.45) is 14.1 Å². The fourth-order valence-electron chi connectivity index (χ4n) is 2.80. The summed E-state index contributed by atoms with van der Waals surface area (Å²) >= 11 is 1.76. The minimum Gasteiger partial charge on any atom is -0.323 e. The summed E-state index contributed by atoms with van der Waals surface area (Å²) in [5, 5.41) is 5.55. The fraction of sp³-hybridized carbons (Fsp3) is 0.438. The molecule has 0 saturated carbocycles. The van der Waals surface area contributed by atoms with Gasteiger partial charge in [-0.2, -0.15) is 0 Å². The molecule has 3 heterocycles. The molecule has 0 spiro atoms. The zero-order chi connectivity index (χ0) is 17.3. The zero-order valence-corrected chi connectivity index (χ0v) is 14.8. The Balaban J connectivity index is 1.72. The van der Waals surface area contributed by atoms with Gasteiger partial charge < -0.3 is 9.88 Å². The van der Waals surface area contributed by atoms with Gasteiger partial charge in [0, 0.05) is 38.1 Å². The van der Waals surface area contributed by atoms with E-state index in [-0.39, 0.29) is 11.2 Å². The Kier molecular flexibility index (Phi) is 4.68. The average Bonchev–Trinajstić information content (AvgIpc) is 3.20. The topological polar surface area (TPSA) is 73.8 Å². The Morgan fingerprint density at radius 3 is 2.79 bits per heavy atom. The number of aromatic nitrogens is 4. The van der Waals surface area contributed by atoms with Crippen molar-refractivity contribution in [2.45, 2.75) is 25.9 Å². The summed E-state index contributed by atoms with van der Waals surface area (Å²) in [5.41, 5.74) is 0.222. The third kappa shape index (κ3) is 3.07. The molecule has 1 atom stereocenters. The van der Waals surface area contributed by atoms with Crippen molar-refractivity contribution in [3.05, 3.63) is 49.6 Å². The predicted molar refractivity (Wildman–Crippen MR) is 95.7 cm³/mol. The molecule has 0 aliphatic carbocycles. The van der Waals surface area contributed by atoms with E-state index in [4.69, 9.17) is 0 Å². The van der Waals surface area contributed by atoms with E-state index < -0.39 is 0 Å². The molecule has 3 aromatic heterocycles. The van der Waals surface area contributed by atoms with E-state index in [0.29, 0.717) is 23.8 Å². The van der Waals surface area contributed by atoms with E-state index in [1.165, 1.54) is 16.5 Å². The van der Waals surface area contributed by atoms with Crippen molar-refractivity contribution in [2.75, 3.05) is 6.54 Å². The monoisotopic (exact) mass is 347 g/mol. The number of hydrogen-bond donors (Lipinski definition) is 1. The number of nitrogens with one attached hydrogen (secondary N) is 1. The van der Waals surface area contributed by atoms with Crippen LogP contribution in [-0.2, 0) is 27.1 Å². The van der Waals surface area contributed by atoms with Gasteiger partial charge in [-0.15, -0.1) is 11.3 Å². The molecule has 128 valence electrons. The number of fused-ring (bicyclic) bond motifs is 1. The molecule has 3 aromatic rings. The summed E-state index contributed by atoms with van der Waals surface area (Å²) in [6, 6.07) is 4.55. The van der Waals surface area contributed by atoms with Crippen LogP contribution in [0.4, 0.5) is 0 Å². The van der Waals surface area contributed by atoms with Gasteiger partial charge in [0.25, 0.3) is 5.56 Å². The highest BCUT2D eigenvalue weighted by Gasteiger charge is 2.14. The standard InChI is InChI=1S/C16H21N5O2S/c1-11(9-12-5-4-8-24-12)17-6-7-21-10-18-14-13(21)15(22)20(3)16(23)19(14)2/h4-5,8,10-11,17H,6-7,9H2,1-3H3. The molecule has 1 N–H and O–H groups in total. The van der Waals surface area contributed by atoms with E-state index in [0.717, 1.165) is 17.5 Å². The number of imidazole rings is 1. The maximum absolute atomic E-state index is 12.4. The second kappa shape index (κ2) is 6.74. The van der Waals surface area contributed by atoms with Gasteiger partial charge in [0.1, 0.15) is 0 Å². The first-order valence-electron chi connectivity index (χ1n) is 7.85. The molecule has 8 heteroatoms. The molecule has 0 aromatic carbocycles. The first-order valence-corrected chi connectivity index (χ1v) is 8.73. The quantitative estimate of drug-likeness (QED) is 0.713. The normalized spacial score (nSPS) is 12.8. The zero-order valence-electron chi connectivity index (χ0n) is 14.0. The van der Waals surface area contributed by atoms with Crippen LogP contribution < -0.4 is 16.6 Å². The summed E-state index contributed by atoms with van der Waals surface area (Å²) in [7, 11) is 3.12. The van der Waals surface area contributed by atoms with Crippen molar-refractivity contribution in [3.8, 4) is 0 Å². The summed E-state index contributed by atoms with van der Waals surface area (Å²) in [4.78, 5) is 29.9. The lowest BCUT2D eigenvalue weighted by Crippen LogP contribution is -2.38. The Bertz CT molecular complexity index is 951. The highest BCUT2D eigenvalue weighted by atomic mass is 32.1. The maximum Gasteiger partial charge on any atom is 0.332 e. The smallest absolute Gasteiger partial charge is 0.323 e. The van der Waals surface area contributed by atoms with Crippen LogP contribution in [-0.4, -0.2) is 31.3 Å². The molecule has 0 saturated heterocycles. The summed E-state index contributed by atoms with van der Waals surface area (Å²) in [5.74, 6) is 0. The fourth-order valence-corrected chi connectivity index (χ4v) is 3.64. The molecule has 7 nitrogen and oxygen atoms in total. The van der Waals surface area contributed by atoms with Crippen molar-refractivity contribution >= 4 is 22.5 Å². The Hall–Kier alpha value is -2.19. The number of hydrogen-bond acceptors (Lipinski definition) is 5. The van der Waals surface area contributed by atoms with Crippen molar-refractivity contribution in [1.82, 2.24) is 24.0 Å². The van der Waals surface area contributed by atoms with Crippen LogP contribution in [0.5, 0.6) is 0 Å². The molecule has 0 aliphatic heterocycles. The highest BCUT2D eigenvalue weighted by Crippen LogP contribution is 2.11. The number of thiophene rings is 1. The Morgan fingerprint density at radius 1 is 1.29 bits per heavy atom. The minimum atomic E-state index is -0.361. The van der Waals surface area contributed by atoms with Gasteiger partial charge in [-0.3, -0.25) is 13.9 Å². The van der Waals surface area contributed by atoms with Crippen LogP contribution in [0, 0.1) is 0 Å². The van der Waals surface area contributed by atoms with E-state index in [2.05, 4.69) is 34.7 Å². The first-order chi connectivity index (χ1) is 11.5. The molecule has 0 radical (unpaired) electrons. The van der Waals surface area contributed by atoms with Crippen LogP contribution in [0.25, 0.3) is 11.2 Å². The average molecular weight is 347 g/mol. The van der Waals surface area contributed by atoms with Crippen LogP contribution >= 0.6 is 11.3 Å². The Labute approximate surface area is 143 Å². The van der Waals surface area contributed by atoms with Gasteiger partial charge in [-0.05, 0) is 24.8 Å². The van der Waals surface area contributed by atoms with Gasteiger partial charge in [0.05, 0.1) is 6.33 Å². The van der Waals surface area contributed by atoms with Gasteiger partial charge in [-0.1, -0.05) is 6.07 Å². The summed E-state index contributed by atoms with van der Waals surface area (Å²) in [6.45, 7) is 3.50. The van der Waals surface area contributed by atoms with Crippen molar-refractivity contribution in [3.63, 3.8) is 0 Å². The molecular formula is C16H21N5O2S. The lowest BCUT2D eigenvalue weighted by Gasteiger charge is -2.13. The van der Waals surface area contributed by atoms with Crippen LogP contribution in [0.3, 0.4) is 0 Å². The molecule has 1 unspecified atom stereocenters. The summed E-state index contributed by atoms with van der Waals surface area (Å²) in [6.07, 6.45) is 2.61. The number of aryl methyl sites for hydroxylation is 1. The molecule has 0 aliphatic rings. The second-order valence-corrected chi connectivity index (χ2v) is 6.99. The summed E-state index contributed by atoms with van der Waals surface area (Å²) < 4.78 is 4.33. The van der Waals surface area contributed by atoms with Crippen LogP contribution in [0.15, 0.2) is 33.4 Å². The lowest BCUT2D eigenvalue weighted by atomic mass is 10.2. The van der Waals surface area contributed by atoms with E-state index in [1.807, 2.05) is 4.57 Å². The van der Waals surface area contributed by atoms with E-state index >= 15 is 0 Å². The van der Waals surface area contributed by atoms with Crippen LogP contribution in [0.2, 0.25) is 0 Å². The molecule has 0 bridgehead atoms. The van der Waals surface area contributed by atoms with Gasteiger partial charge in [0.15, 0.2) is 11.2 Å². The van der Waals surface area contributed by atoms with Gasteiger partial charge in [-0.25, -0.2) is 9.78 Å². The molecule has 0 fully saturated rings. The molecule has 0 amide bonds. The van der Waals surface area contributed by atoms with E-state index in [9.17, 15) is 9.59 Å². The molecule has 24 heavy (non-hydrogen) atoms. The number of rotatable bonds is 6. The molecular weight excluding hydrogens is 326 g/mol. The predicted octanol–water partition coefficient (Wildman–Crippen LogP) is 0.716. The molecule has 3 rings (SSSR count). The van der Waals surface area contributed by atoms with Gasteiger partial charge in [0.2, 0.25) is 0 Å². The van der Waals surface area contributed by atoms with E-state index in [1.54, 1.807) is 24.7 Å². The SMILES string of the molecule is CC(Cc1cccs1)NCCn1cnc2c1c(=O)n(C)c(=O)n2C. The first kappa shape index (κ1) is 16.7. The van der Waals surface area contributed by atoms with Gasteiger partial charge >= 0.3 is 5.69 Å². The van der Waals surface area contributed by atoms with Crippen molar-refractivity contribution in [1.29, 1.82) is 0 Å². The maximum atomic E-state index is 12.4. The third-order valence-electron chi connectivity index (χ3n) is 4.15. The second-order valence-electron chi connectivity index (χ2n) is 5.95. The Morgan fingerprint density at radius 2 is 2.08 bits per heavy atom.